The van der Waals surface area contributed by atoms with Crippen LogP contribution >= 0.6 is 9.24 Å². The van der Waals surface area contributed by atoms with Crippen molar-refractivity contribution < 1.29 is 23.0 Å². The summed E-state index contributed by atoms with van der Waals surface area (Å²) in [5, 5.41) is 3.25. The Balaban J connectivity index is 1.38. The van der Waals surface area contributed by atoms with Crippen LogP contribution in [0.4, 0.5) is 14.5 Å². The number of aromatic nitrogens is 2. The van der Waals surface area contributed by atoms with Crippen molar-refractivity contribution in [3.05, 3.63) is 65.6 Å². The van der Waals surface area contributed by atoms with Crippen LogP contribution in [0.3, 0.4) is 0 Å². The summed E-state index contributed by atoms with van der Waals surface area (Å²) < 4.78 is 41.5. The first-order chi connectivity index (χ1) is 18.8. The Morgan fingerprint density at radius 2 is 1.92 bits per heavy atom. The van der Waals surface area contributed by atoms with Gasteiger partial charge in [-0.15, -0.1) is 9.24 Å². The van der Waals surface area contributed by atoms with Crippen LogP contribution in [0, 0.1) is 17.6 Å². The van der Waals surface area contributed by atoms with Crippen LogP contribution in [0.2, 0.25) is 0 Å². The molecule has 4 atom stereocenters. The molecule has 1 aromatic carbocycles. The second kappa shape index (κ2) is 12.0. The molecule has 1 unspecified atom stereocenters. The van der Waals surface area contributed by atoms with Gasteiger partial charge in [0.25, 0.3) is 5.91 Å². The minimum Gasteiger partial charge on any atom is -0.490 e. The van der Waals surface area contributed by atoms with Crippen molar-refractivity contribution in [2.75, 3.05) is 18.5 Å². The number of hydrogen-bond acceptors (Lipinski definition) is 6. The predicted octanol–water partition coefficient (Wildman–Crippen LogP) is 4.96. The van der Waals surface area contributed by atoms with Crippen LogP contribution in [-0.2, 0) is 4.74 Å². The third kappa shape index (κ3) is 6.43. The monoisotopic (exact) mass is 554 g/mol. The highest BCUT2D eigenvalue weighted by atomic mass is 31.0. The number of hydrogen-bond donors (Lipinski definition) is 2. The minimum absolute atomic E-state index is 0.0405. The Hall–Kier alpha value is -3.00. The van der Waals surface area contributed by atoms with Crippen LogP contribution < -0.4 is 21.1 Å². The molecule has 2 aliphatic rings. The normalized spacial score (nSPS) is 21.9. The Labute approximate surface area is 229 Å². The third-order valence-corrected chi connectivity index (χ3v) is 7.86. The molecule has 0 radical (unpaired) electrons. The van der Waals surface area contributed by atoms with Gasteiger partial charge in [-0.05, 0) is 66.2 Å². The minimum atomic E-state index is -0.737. The zero-order chi connectivity index (χ0) is 27.5. The largest absolute Gasteiger partial charge is 0.490 e. The maximum atomic E-state index is 15.3. The van der Waals surface area contributed by atoms with Crippen molar-refractivity contribution in [2.24, 2.45) is 11.7 Å². The zero-order valence-corrected chi connectivity index (χ0v) is 23.0. The molecule has 1 saturated heterocycles. The number of anilines is 1. The number of carbonyl (C=O) groups excluding carboxylic acids is 1. The lowest BCUT2D eigenvalue weighted by molar-refractivity contribution is 0.0255. The molecule has 7 nitrogen and oxygen atoms in total. The van der Waals surface area contributed by atoms with E-state index < -0.39 is 17.5 Å². The molecule has 2 aromatic heterocycles. The van der Waals surface area contributed by atoms with Gasteiger partial charge in [-0.25, -0.2) is 13.8 Å². The van der Waals surface area contributed by atoms with Crippen LogP contribution in [-0.4, -0.2) is 41.2 Å². The number of rotatable bonds is 6. The lowest BCUT2D eigenvalue weighted by Gasteiger charge is -2.32. The maximum Gasteiger partial charge on any atom is 0.274 e. The molecule has 0 spiro atoms. The number of nitrogens with zero attached hydrogens (tertiary/aromatic N) is 2. The fourth-order valence-electron chi connectivity index (χ4n) is 5.61. The molecule has 1 aliphatic carbocycles. The van der Waals surface area contributed by atoms with E-state index in [1.54, 1.807) is 18.5 Å². The Morgan fingerprint density at radius 3 is 2.67 bits per heavy atom. The molecule has 3 aromatic rings. The average molecular weight is 555 g/mol. The number of amides is 1. The zero-order valence-electron chi connectivity index (χ0n) is 21.8. The average Bonchev–Trinajstić information content (AvgIpc) is 2.89. The van der Waals surface area contributed by atoms with Crippen LogP contribution in [0.5, 0.6) is 5.75 Å². The molecular weight excluding hydrogens is 521 g/mol. The van der Waals surface area contributed by atoms with E-state index in [0.717, 1.165) is 30.9 Å². The molecule has 10 heteroatoms. The molecule has 2 fully saturated rings. The molecule has 1 aliphatic heterocycles. The van der Waals surface area contributed by atoms with Gasteiger partial charge >= 0.3 is 0 Å². The van der Waals surface area contributed by atoms with Gasteiger partial charge in [-0.3, -0.25) is 9.78 Å². The molecule has 39 heavy (non-hydrogen) atoms. The Morgan fingerprint density at radius 1 is 1.13 bits per heavy atom. The van der Waals surface area contributed by atoms with Crippen LogP contribution in [0.1, 0.15) is 61.0 Å². The molecule has 5 rings (SSSR count). The van der Waals surface area contributed by atoms with Crippen molar-refractivity contribution in [2.45, 2.75) is 57.1 Å². The van der Waals surface area contributed by atoms with Gasteiger partial charge in [-0.2, -0.15) is 0 Å². The molecule has 206 valence electrons. The number of ether oxygens (including phenoxy) is 2. The highest BCUT2D eigenvalue weighted by molar-refractivity contribution is 7.28. The number of nitrogens with one attached hydrogen (secondary N) is 1. The number of halogens is 2. The fourth-order valence-corrected chi connectivity index (χ4v) is 6.05. The SMILES string of the molecule is C[C@@H]1C[C@H](N)C[C@H](c2ccncc2NC(=O)c2ccc(F)c(-c3c(F)cc(OC4CCOCC4)cc3P)n2)C1. The quantitative estimate of drug-likeness (QED) is 0.418. The van der Waals surface area contributed by atoms with E-state index in [1.165, 1.54) is 12.1 Å². The fraction of sp³-hybridized carbons (Fsp3) is 0.414. The smallest absolute Gasteiger partial charge is 0.274 e. The standard InChI is InChI=1S/C29H33F2N4O3P/c1-16-10-17(12-18(32)11-16)21-4-7-33-15-25(21)35-29(36)24-3-2-22(30)28(34-24)27-23(31)13-20(14-26(27)39)38-19-5-8-37-9-6-19/h2-4,7,13-19H,5-6,8-12,32,39H2,1H3,(H,35,36)/t16-,17+,18-/m0/s1. The molecule has 3 N–H and O–H groups in total. The summed E-state index contributed by atoms with van der Waals surface area (Å²) in [6, 6.07) is 7.26. The van der Waals surface area contributed by atoms with Gasteiger partial charge in [0, 0.05) is 36.7 Å². The summed E-state index contributed by atoms with van der Waals surface area (Å²) in [4.78, 5) is 21.7. The Kier molecular flexibility index (Phi) is 8.50. The van der Waals surface area contributed by atoms with Crippen molar-refractivity contribution in [1.82, 2.24) is 9.97 Å². The van der Waals surface area contributed by atoms with E-state index in [-0.39, 0.29) is 35.0 Å². The highest BCUT2D eigenvalue weighted by Crippen LogP contribution is 2.38. The number of pyridine rings is 2. The maximum absolute atomic E-state index is 15.3. The second-order valence-electron chi connectivity index (χ2n) is 10.5. The highest BCUT2D eigenvalue weighted by Gasteiger charge is 2.28. The van der Waals surface area contributed by atoms with E-state index in [4.69, 9.17) is 15.2 Å². The van der Waals surface area contributed by atoms with E-state index in [0.29, 0.717) is 48.7 Å². The van der Waals surface area contributed by atoms with Gasteiger partial charge in [0.05, 0.1) is 25.1 Å². The number of carbonyl (C=O) groups is 1. The summed E-state index contributed by atoms with van der Waals surface area (Å²) in [7, 11) is 2.41. The van der Waals surface area contributed by atoms with E-state index in [2.05, 4.69) is 31.4 Å². The lowest BCUT2D eigenvalue weighted by atomic mass is 9.76. The van der Waals surface area contributed by atoms with E-state index in [9.17, 15) is 9.18 Å². The first-order valence-electron chi connectivity index (χ1n) is 13.3. The van der Waals surface area contributed by atoms with E-state index in [1.807, 2.05) is 6.07 Å². The van der Waals surface area contributed by atoms with Crippen molar-refractivity contribution >= 4 is 26.1 Å². The molecule has 1 amide bonds. The van der Waals surface area contributed by atoms with Gasteiger partial charge < -0.3 is 20.5 Å². The molecule has 0 bridgehead atoms. The molecule has 1 saturated carbocycles. The first-order valence-corrected chi connectivity index (χ1v) is 13.9. The van der Waals surface area contributed by atoms with Gasteiger partial charge in [0.15, 0.2) is 0 Å². The number of benzene rings is 1. The summed E-state index contributed by atoms with van der Waals surface area (Å²) in [5.41, 5.74) is 7.46. The van der Waals surface area contributed by atoms with Gasteiger partial charge in [0.1, 0.15) is 34.9 Å². The number of nitrogens with two attached hydrogens (primary N) is 1. The van der Waals surface area contributed by atoms with Crippen molar-refractivity contribution in [1.29, 1.82) is 0 Å². The summed E-state index contributed by atoms with van der Waals surface area (Å²) in [5.74, 6) is -0.951. The summed E-state index contributed by atoms with van der Waals surface area (Å²) >= 11 is 0. The van der Waals surface area contributed by atoms with E-state index >= 15 is 4.39 Å². The second-order valence-corrected chi connectivity index (χ2v) is 11.1. The molecular formula is C29H33F2N4O3P. The lowest BCUT2D eigenvalue weighted by Crippen LogP contribution is -2.31. The predicted molar refractivity (Wildman–Crippen MR) is 149 cm³/mol. The van der Waals surface area contributed by atoms with Crippen molar-refractivity contribution in [3.8, 4) is 17.0 Å². The Bertz CT molecular complexity index is 1320. The van der Waals surface area contributed by atoms with Gasteiger partial charge in [0.2, 0.25) is 0 Å². The summed E-state index contributed by atoms with van der Waals surface area (Å²) in [6.45, 7) is 3.37. The van der Waals surface area contributed by atoms with Gasteiger partial charge in [-0.1, -0.05) is 6.92 Å². The molecule has 3 heterocycles. The summed E-state index contributed by atoms with van der Waals surface area (Å²) in [6.07, 6.45) is 7.41. The van der Waals surface area contributed by atoms with Crippen LogP contribution in [0.25, 0.3) is 11.3 Å². The first kappa shape index (κ1) is 27.6. The van der Waals surface area contributed by atoms with Crippen molar-refractivity contribution in [3.63, 3.8) is 0 Å². The third-order valence-electron chi connectivity index (χ3n) is 7.40. The van der Waals surface area contributed by atoms with Crippen LogP contribution in [0.15, 0.2) is 42.7 Å². The topological polar surface area (TPSA) is 99.4 Å².